The molecule has 3 N–H and O–H groups in total. The zero-order valence-corrected chi connectivity index (χ0v) is 10.2. The first kappa shape index (κ1) is 14.2. The Balaban J connectivity index is 2.52. The molecule has 0 aliphatic rings. The van der Waals surface area contributed by atoms with Gasteiger partial charge in [0, 0.05) is 19.3 Å². The maximum absolute atomic E-state index is 13.6. The molecule has 1 rings (SSSR count). The number of halogens is 1. The van der Waals surface area contributed by atoms with Crippen LogP contribution >= 0.6 is 0 Å². The first-order valence-corrected chi connectivity index (χ1v) is 5.58. The molecule has 1 aromatic rings. The van der Waals surface area contributed by atoms with Crippen LogP contribution in [0.4, 0.5) is 4.39 Å². The van der Waals surface area contributed by atoms with E-state index in [1.54, 1.807) is 7.11 Å². The number of nitrogens with two attached hydrogens (primary N) is 1. The highest BCUT2D eigenvalue weighted by atomic mass is 19.1. The highest BCUT2D eigenvalue weighted by Crippen LogP contribution is 2.18. The Bertz CT molecular complexity index is 410. The molecule has 5 nitrogen and oxygen atoms in total. The Kier molecular flexibility index (Phi) is 5.93. The van der Waals surface area contributed by atoms with Crippen LogP contribution in [0.2, 0.25) is 0 Å². The lowest BCUT2D eigenvalue weighted by Gasteiger charge is -2.08. The standard InChI is InChI=1S/C12H17FN2O3/c1-17-6-2-3-7-18-11-5-4-9(8-10(11)13)12(14)15-16/h4-5,8,16H,2-3,6-7H2,1H3,(H2,14,15). The molecule has 0 amide bonds. The van der Waals surface area contributed by atoms with E-state index in [9.17, 15) is 4.39 Å². The van der Waals surface area contributed by atoms with Crippen LogP contribution in [-0.2, 0) is 4.74 Å². The van der Waals surface area contributed by atoms with E-state index in [-0.39, 0.29) is 11.6 Å². The van der Waals surface area contributed by atoms with Crippen LogP contribution < -0.4 is 10.5 Å². The van der Waals surface area contributed by atoms with Gasteiger partial charge < -0.3 is 20.4 Å². The van der Waals surface area contributed by atoms with Gasteiger partial charge in [-0.15, -0.1) is 0 Å². The topological polar surface area (TPSA) is 77.1 Å². The number of nitrogens with zero attached hydrogens (tertiary/aromatic N) is 1. The van der Waals surface area contributed by atoms with Crippen LogP contribution in [0.25, 0.3) is 0 Å². The number of ether oxygens (including phenoxy) is 2. The molecule has 6 heteroatoms. The smallest absolute Gasteiger partial charge is 0.170 e. The molecule has 0 bridgehead atoms. The first-order chi connectivity index (χ1) is 8.69. The Labute approximate surface area is 105 Å². The number of benzene rings is 1. The lowest BCUT2D eigenvalue weighted by atomic mass is 10.2. The molecule has 100 valence electrons. The molecular formula is C12H17FN2O3. The van der Waals surface area contributed by atoms with E-state index in [4.69, 9.17) is 20.4 Å². The average Bonchev–Trinajstić information content (AvgIpc) is 2.39. The number of rotatable bonds is 7. The molecule has 0 spiro atoms. The fourth-order valence-electron chi connectivity index (χ4n) is 1.37. The van der Waals surface area contributed by atoms with E-state index in [1.165, 1.54) is 18.2 Å². The molecule has 0 saturated carbocycles. The lowest BCUT2D eigenvalue weighted by molar-refractivity contribution is 0.183. The summed E-state index contributed by atoms with van der Waals surface area (Å²) in [7, 11) is 1.63. The Morgan fingerprint density at radius 1 is 1.39 bits per heavy atom. The monoisotopic (exact) mass is 256 g/mol. The fraction of sp³-hybridized carbons (Fsp3) is 0.417. The van der Waals surface area contributed by atoms with Crippen molar-refractivity contribution < 1.29 is 19.1 Å². The second-order valence-corrected chi connectivity index (χ2v) is 3.68. The molecule has 0 heterocycles. The summed E-state index contributed by atoms with van der Waals surface area (Å²) in [6, 6.07) is 4.15. The minimum Gasteiger partial charge on any atom is -0.491 e. The third kappa shape index (κ3) is 4.21. The van der Waals surface area contributed by atoms with Gasteiger partial charge in [-0.3, -0.25) is 0 Å². The summed E-state index contributed by atoms with van der Waals surface area (Å²) in [4.78, 5) is 0. The first-order valence-electron chi connectivity index (χ1n) is 5.58. The van der Waals surface area contributed by atoms with Crippen molar-refractivity contribution in [1.29, 1.82) is 0 Å². The Morgan fingerprint density at radius 2 is 2.11 bits per heavy atom. The molecule has 0 unspecified atom stereocenters. The van der Waals surface area contributed by atoms with Crippen molar-refractivity contribution in [2.24, 2.45) is 10.9 Å². The number of hydrogen-bond acceptors (Lipinski definition) is 4. The molecule has 0 atom stereocenters. The summed E-state index contributed by atoms with van der Waals surface area (Å²) >= 11 is 0. The molecule has 0 aliphatic heterocycles. The quantitative estimate of drug-likeness (QED) is 0.256. The number of unbranched alkanes of at least 4 members (excludes halogenated alkanes) is 1. The van der Waals surface area contributed by atoms with Crippen LogP contribution in [0.5, 0.6) is 5.75 Å². The van der Waals surface area contributed by atoms with Gasteiger partial charge in [0.1, 0.15) is 0 Å². The van der Waals surface area contributed by atoms with Crippen LogP contribution in [-0.4, -0.2) is 31.4 Å². The van der Waals surface area contributed by atoms with Crippen molar-refractivity contribution >= 4 is 5.84 Å². The van der Waals surface area contributed by atoms with Crippen LogP contribution in [0.15, 0.2) is 23.4 Å². The minimum atomic E-state index is -0.536. The number of hydrogen-bond donors (Lipinski definition) is 2. The number of methoxy groups -OCH3 is 1. The molecule has 1 aromatic carbocycles. The van der Waals surface area contributed by atoms with E-state index in [0.29, 0.717) is 18.8 Å². The fourth-order valence-corrected chi connectivity index (χ4v) is 1.37. The second kappa shape index (κ2) is 7.50. The Hall–Kier alpha value is -1.82. The summed E-state index contributed by atoms with van der Waals surface area (Å²) < 4.78 is 23.8. The van der Waals surface area contributed by atoms with Crippen molar-refractivity contribution in [1.82, 2.24) is 0 Å². The summed E-state index contributed by atoms with van der Waals surface area (Å²) in [5.74, 6) is -0.520. The predicted octanol–water partition coefficient (Wildman–Crippen LogP) is 1.73. The van der Waals surface area contributed by atoms with Gasteiger partial charge in [0.2, 0.25) is 0 Å². The molecular weight excluding hydrogens is 239 g/mol. The van der Waals surface area contributed by atoms with Gasteiger partial charge in [0.25, 0.3) is 0 Å². The van der Waals surface area contributed by atoms with Gasteiger partial charge in [-0.05, 0) is 31.0 Å². The second-order valence-electron chi connectivity index (χ2n) is 3.68. The van der Waals surface area contributed by atoms with E-state index in [2.05, 4.69) is 5.16 Å². The van der Waals surface area contributed by atoms with Crippen LogP contribution in [0, 0.1) is 5.82 Å². The third-order valence-electron chi connectivity index (χ3n) is 2.34. The average molecular weight is 256 g/mol. The van der Waals surface area contributed by atoms with Crippen molar-refractivity contribution in [2.75, 3.05) is 20.3 Å². The van der Waals surface area contributed by atoms with E-state index < -0.39 is 5.82 Å². The van der Waals surface area contributed by atoms with Gasteiger partial charge >= 0.3 is 0 Å². The predicted molar refractivity (Wildman–Crippen MR) is 65.5 cm³/mol. The van der Waals surface area contributed by atoms with Gasteiger partial charge in [0.05, 0.1) is 6.61 Å². The van der Waals surface area contributed by atoms with E-state index in [0.717, 1.165) is 12.8 Å². The molecule has 0 aliphatic carbocycles. The zero-order valence-electron chi connectivity index (χ0n) is 10.2. The van der Waals surface area contributed by atoms with E-state index >= 15 is 0 Å². The SMILES string of the molecule is COCCCCOc1ccc(/C(N)=N/O)cc1F. The lowest BCUT2D eigenvalue weighted by Crippen LogP contribution is -2.13. The summed E-state index contributed by atoms with van der Waals surface area (Å²) in [5, 5.41) is 11.3. The van der Waals surface area contributed by atoms with Crippen LogP contribution in [0.1, 0.15) is 18.4 Å². The van der Waals surface area contributed by atoms with Gasteiger partial charge in [0.15, 0.2) is 17.4 Å². The number of oxime groups is 1. The van der Waals surface area contributed by atoms with Gasteiger partial charge in [-0.25, -0.2) is 4.39 Å². The molecule has 0 fully saturated rings. The van der Waals surface area contributed by atoms with Crippen LogP contribution in [0.3, 0.4) is 0 Å². The third-order valence-corrected chi connectivity index (χ3v) is 2.34. The molecule has 0 aromatic heterocycles. The maximum Gasteiger partial charge on any atom is 0.170 e. The maximum atomic E-state index is 13.6. The summed E-state index contributed by atoms with van der Waals surface area (Å²) in [6.07, 6.45) is 1.65. The molecule has 0 radical (unpaired) electrons. The van der Waals surface area contributed by atoms with E-state index in [1.807, 2.05) is 0 Å². The molecule has 18 heavy (non-hydrogen) atoms. The molecule has 0 saturated heterocycles. The highest BCUT2D eigenvalue weighted by molar-refractivity contribution is 5.97. The van der Waals surface area contributed by atoms with Gasteiger partial charge in [-0.2, -0.15) is 0 Å². The van der Waals surface area contributed by atoms with Crippen molar-refractivity contribution in [2.45, 2.75) is 12.8 Å². The summed E-state index contributed by atoms with van der Waals surface area (Å²) in [6.45, 7) is 1.08. The van der Waals surface area contributed by atoms with Crippen molar-refractivity contribution in [3.8, 4) is 5.75 Å². The summed E-state index contributed by atoms with van der Waals surface area (Å²) in [5.41, 5.74) is 5.65. The zero-order chi connectivity index (χ0) is 13.4. The number of amidine groups is 1. The highest BCUT2D eigenvalue weighted by Gasteiger charge is 2.07. The van der Waals surface area contributed by atoms with Crippen molar-refractivity contribution in [3.05, 3.63) is 29.6 Å². The Morgan fingerprint density at radius 3 is 2.72 bits per heavy atom. The largest absolute Gasteiger partial charge is 0.491 e. The normalized spacial score (nSPS) is 11.6. The van der Waals surface area contributed by atoms with Gasteiger partial charge in [-0.1, -0.05) is 5.16 Å². The van der Waals surface area contributed by atoms with Crippen molar-refractivity contribution in [3.63, 3.8) is 0 Å². The minimum absolute atomic E-state index is 0.138.